The average Bonchev–Trinajstić information content (AvgIpc) is 2.97. The fraction of sp³-hybridized carbons (Fsp3) is 0.483. The fourth-order valence-electron chi connectivity index (χ4n) is 5.11. The van der Waals surface area contributed by atoms with Crippen LogP contribution in [0.5, 0.6) is 0 Å². The van der Waals surface area contributed by atoms with E-state index in [1.54, 1.807) is 5.01 Å². The van der Waals surface area contributed by atoms with Gasteiger partial charge in [-0.1, -0.05) is 74.3 Å². The van der Waals surface area contributed by atoms with Crippen LogP contribution in [0.3, 0.4) is 0 Å². The van der Waals surface area contributed by atoms with Gasteiger partial charge in [-0.3, -0.25) is 0 Å². The van der Waals surface area contributed by atoms with Crippen molar-refractivity contribution in [2.24, 2.45) is 20.2 Å². The second kappa shape index (κ2) is 14.1. The van der Waals surface area contributed by atoms with Crippen molar-refractivity contribution in [3.8, 4) is 0 Å². The number of rotatable bonds is 8. The molecule has 9 nitrogen and oxygen atoms in total. The molecule has 2 aliphatic rings. The van der Waals surface area contributed by atoms with Gasteiger partial charge in [0.25, 0.3) is 5.96 Å². The lowest BCUT2D eigenvalue weighted by molar-refractivity contribution is 0.346. The molecule has 11 heteroatoms. The zero-order valence-corrected chi connectivity index (χ0v) is 25.0. The Kier molecular flexibility index (Phi) is 10.6. The minimum absolute atomic E-state index is 0.0107. The van der Waals surface area contributed by atoms with E-state index in [2.05, 4.69) is 35.4 Å². The van der Waals surface area contributed by atoms with Gasteiger partial charge in [-0.2, -0.15) is 22.8 Å². The highest BCUT2D eigenvalue weighted by molar-refractivity contribution is 7.87. The minimum Gasteiger partial charge on any atom is -0.369 e. The highest BCUT2D eigenvalue weighted by atomic mass is 35.5. The molecular weight excluding hydrogens is 546 g/mol. The van der Waals surface area contributed by atoms with Crippen LogP contribution in [0.1, 0.15) is 69.4 Å². The highest BCUT2D eigenvalue weighted by Gasteiger charge is 2.31. The third-order valence-corrected chi connectivity index (χ3v) is 8.79. The van der Waals surface area contributed by atoms with Crippen molar-refractivity contribution in [1.82, 2.24) is 14.2 Å². The Balaban J connectivity index is 1.80. The molecule has 0 spiro atoms. The first-order chi connectivity index (χ1) is 19.3. The van der Waals surface area contributed by atoms with Gasteiger partial charge in [0.1, 0.15) is 0 Å². The number of nitrogens with zero attached hydrogens (tertiary/aromatic N) is 6. The lowest BCUT2D eigenvalue weighted by Crippen LogP contribution is -2.42. The third-order valence-electron chi connectivity index (χ3n) is 7.12. The highest BCUT2D eigenvalue weighted by Crippen LogP contribution is 2.30. The number of hydrogen-bond donors (Lipinski definition) is 1. The van der Waals surface area contributed by atoms with Gasteiger partial charge in [-0.15, -0.1) is 4.40 Å². The number of aliphatic imine (C=N–C) groups is 1. The Bertz CT molecular complexity index is 1300. The normalized spacial score (nSPS) is 19.4. The number of benzene rings is 2. The van der Waals surface area contributed by atoms with Gasteiger partial charge in [0.05, 0.1) is 5.71 Å². The number of piperidine rings is 1. The van der Waals surface area contributed by atoms with Gasteiger partial charge in [0, 0.05) is 43.7 Å². The number of halogens is 1. The average molecular weight is 586 g/mol. The molecule has 2 N–H and O–H groups in total. The first-order valence-electron chi connectivity index (χ1n) is 14.2. The van der Waals surface area contributed by atoms with Crippen LogP contribution in [0.25, 0.3) is 0 Å². The fourth-order valence-corrected chi connectivity index (χ4v) is 6.41. The summed E-state index contributed by atoms with van der Waals surface area (Å²) in [5, 5.41) is 7.21. The van der Waals surface area contributed by atoms with E-state index >= 15 is 0 Å². The van der Waals surface area contributed by atoms with Gasteiger partial charge in [0.2, 0.25) is 0 Å². The molecule has 216 valence electrons. The molecule has 2 aromatic rings. The second-order valence-electron chi connectivity index (χ2n) is 10.2. The summed E-state index contributed by atoms with van der Waals surface area (Å²) in [5.74, 6) is 0.236. The molecule has 2 heterocycles. The number of hydrogen-bond acceptors (Lipinski definition) is 3. The van der Waals surface area contributed by atoms with Gasteiger partial charge in [-0.25, -0.2) is 5.01 Å². The maximum Gasteiger partial charge on any atom is 0.325 e. The van der Waals surface area contributed by atoms with Crippen molar-refractivity contribution >= 4 is 39.4 Å². The number of guanidine groups is 2. The van der Waals surface area contributed by atoms with Crippen molar-refractivity contribution in [3.05, 3.63) is 70.7 Å². The minimum atomic E-state index is -3.97. The van der Waals surface area contributed by atoms with Crippen LogP contribution in [0.4, 0.5) is 0 Å². The predicted octanol–water partition coefficient (Wildman–Crippen LogP) is 5.06. The van der Waals surface area contributed by atoms with E-state index in [0.29, 0.717) is 44.2 Å². The quantitative estimate of drug-likeness (QED) is 0.344. The van der Waals surface area contributed by atoms with Gasteiger partial charge in [-0.05, 0) is 55.4 Å². The topological polar surface area (TPSA) is 107 Å². The molecule has 1 unspecified atom stereocenters. The molecule has 0 amide bonds. The van der Waals surface area contributed by atoms with E-state index in [1.807, 2.05) is 47.4 Å². The van der Waals surface area contributed by atoms with Crippen molar-refractivity contribution in [2.45, 2.75) is 58.3 Å². The molecule has 1 atom stereocenters. The Hall–Kier alpha value is -2.95. The van der Waals surface area contributed by atoms with Crippen molar-refractivity contribution in [1.29, 1.82) is 0 Å². The van der Waals surface area contributed by atoms with E-state index < -0.39 is 10.2 Å². The second-order valence-corrected chi connectivity index (χ2v) is 12.2. The Morgan fingerprint density at radius 2 is 1.65 bits per heavy atom. The van der Waals surface area contributed by atoms with Crippen LogP contribution in [0.15, 0.2) is 69.1 Å². The van der Waals surface area contributed by atoms with E-state index in [1.165, 1.54) is 4.31 Å². The molecule has 1 fully saturated rings. The summed E-state index contributed by atoms with van der Waals surface area (Å²) >= 11 is 6.19. The molecule has 0 radical (unpaired) electrons. The van der Waals surface area contributed by atoms with Crippen LogP contribution < -0.4 is 5.73 Å². The molecule has 4 rings (SSSR count). The molecule has 40 heavy (non-hydrogen) atoms. The molecular formula is C29H40ClN7O2S. The van der Waals surface area contributed by atoms with E-state index in [0.717, 1.165) is 48.9 Å². The van der Waals surface area contributed by atoms with Crippen LogP contribution in [0, 0.1) is 0 Å². The molecule has 2 aromatic carbocycles. The Morgan fingerprint density at radius 1 is 1.00 bits per heavy atom. The largest absolute Gasteiger partial charge is 0.369 e. The predicted molar refractivity (Wildman–Crippen MR) is 164 cm³/mol. The van der Waals surface area contributed by atoms with E-state index in [4.69, 9.17) is 22.4 Å². The first kappa shape index (κ1) is 30.0. The Labute approximate surface area is 243 Å². The lowest BCUT2D eigenvalue weighted by atomic mass is 9.86. The van der Waals surface area contributed by atoms with Crippen LogP contribution in [-0.4, -0.2) is 73.0 Å². The maximum absolute atomic E-state index is 13.4. The molecule has 0 saturated carbocycles. The summed E-state index contributed by atoms with van der Waals surface area (Å²) in [6.07, 6.45) is 5.11. The molecule has 2 aliphatic heterocycles. The third kappa shape index (κ3) is 7.62. The van der Waals surface area contributed by atoms with E-state index in [9.17, 15) is 8.42 Å². The molecule has 0 bridgehead atoms. The zero-order valence-electron chi connectivity index (χ0n) is 23.4. The monoisotopic (exact) mass is 585 g/mol. The summed E-state index contributed by atoms with van der Waals surface area (Å²) in [7, 11) is -3.97. The van der Waals surface area contributed by atoms with Gasteiger partial charge < -0.3 is 10.6 Å². The molecule has 1 saturated heterocycles. The zero-order chi connectivity index (χ0) is 28.5. The summed E-state index contributed by atoms with van der Waals surface area (Å²) in [4.78, 5) is 6.58. The summed E-state index contributed by atoms with van der Waals surface area (Å²) in [6, 6.07) is 17.7. The smallest absolute Gasteiger partial charge is 0.325 e. The number of hydrazone groups is 1. The van der Waals surface area contributed by atoms with Crippen LogP contribution >= 0.6 is 11.6 Å². The summed E-state index contributed by atoms with van der Waals surface area (Å²) in [6.45, 7) is 6.90. The van der Waals surface area contributed by atoms with E-state index in [-0.39, 0.29) is 17.8 Å². The maximum atomic E-state index is 13.4. The number of nitrogens with two attached hydrogens (primary N) is 1. The van der Waals surface area contributed by atoms with Crippen molar-refractivity contribution < 1.29 is 8.42 Å². The van der Waals surface area contributed by atoms with Crippen molar-refractivity contribution in [3.63, 3.8) is 0 Å². The van der Waals surface area contributed by atoms with Gasteiger partial charge >= 0.3 is 10.2 Å². The van der Waals surface area contributed by atoms with Crippen LogP contribution in [0.2, 0.25) is 5.02 Å². The van der Waals surface area contributed by atoms with Crippen LogP contribution in [-0.2, 0) is 10.2 Å². The summed E-state index contributed by atoms with van der Waals surface area (Å²) in [5.41, 5.74) is 9.30. The SMILES string of the molecule is CCCN(CCC)/C(N)=N/C(=N\S(=O)(=O)N1CCCCC1)N1CCC(c2ccccc2)C(c2ccc(Cl)cc2)=N1. The molecule has 0 aliphatic carbocycles. The summed E-state index contributed by atoms with van der Waals surface area (Å²) < 4.78 is 32.6. The van der Waals surface area contributed by atoms with Crippen molar-refractivity contribution in [2.75, 3.05) is 32.7 Å². The standard InChI is InChI=1S/C29H40ClN7O2S/c1-3-18-35(19-4-2)28(31)32-29(34-40(38,39)36-20-9-6-10-21-36)37-22-17-26(23-11-7-5-8-12-23)27(33-37)24-13-15-25(30)16-14-24/h5,7-8,11-16,26H,3-4,6,9-10,17-22H2,1-2H3,(H2,31,32,34). The Morgan fingerprint density at radius 3 is 2.27 bits per heavy atom. The first-order valence-corrected chi connectivity index (χ1v) is 16.0. The lowest BCUT2D eigenvalue weighted by Gasteiger charge is -2.32. The van der Waals surface area contributed by atoms with Gasteiger partial charge in [0.15, 0.2) is 5.96 Å². The molecule has 0 aromatic heterocycles.